The summed E-state index contributed by atoms with van der Waals surface area (Å²) in [6.07, 6.45) is 1.54. The highest BCUT2D eigenvalue weighted by molar-refractivity contribution is 9.10. The van der Waals surface area contributed by atoms with Gasteiger partial charge in [-0.15, -0.1) is 0 Å². The van der Waals surface area contributed by atoms with E-state index in [0.717, 1.165) is 32.7 Å². The van der Waals surface area contributed by atoms with Crippen LogP contribution in [-0.4, -0.2) is 21.6 Å². The normalized spacial score (nSPS) is 11.1. The Morgan fingerprint density at radius 2 is 1.87 bits per heavy atom. The van der Waals surface area contributed by atoms with Crippen molar-refractivity contribution >= 4 is 39.6 Å². The van der Waals surface area contributed by atoms with Gasteiger partial charge >= 0.3 is 5.97 Å². The number of amides is 1. The maximum atomic E-state index is 12.6. The monoisotopic (exact) mass is 477 g/mol. The van der Waals surface area contributed by atoms with Crippen LogP contribution >= 0.6 is 15.9 Å². The molecule has 7 heteroatoms. The lowest BCUT2D eigenvalue weighted by molar-refractivity contribution is -0.112. The number of nitrogens with zero attached hydrogens (tertiary/aromatic N) is 2. The fraction of sp³-hybridized carbons (Fsp3) is 0.125. The zero-order valence-electron chi connectivity index (χ0n) is 17.2. The maximum absolute atomic E-state index is 12.6. The first-order valence-electron chi connectivity index (χ1n) is 9.43. The number of hydrogen-bond donors (Lipinski definition) is 2. The summed E-state index contributed by atoms with van der Waals surface area (Å²) in [5.41, 5.74) is 4.99. The molecule has 3 aromatic rings. The van der Waals surface area contributed by atoms with Crippen LogP contribution in [0.3, 0.4) is 0 Å². The first-order chi connectivity index (χ1) is 14.7. The summed E-state index contributed by atoms with van der Waals surface area (Å²) in [6, 6.07) is 15.8. The van der Waals surface area contributed by atoms with Gasteiger partial charge in [0.05, 0.1) is 5.56 Å². The van der Waals surface area contributed by atoms with Crippen LogP contribution in [0.4, 0.5) is 5.69 Å². The van der Waals surface area contributed by atoms with Gasteiger partial charge in [-0.2, -0.15) is 5.26 Å². The zero-order valence-corrected chi connectivity index (χ0v) is 18.8. The number of nitrogens with one attached hydrogen (secondary N) is 1. The van der Waals surface area contributed by atoms with Crippen molar-refractivity contribution in [3.05, 3.63) is 86.7 Å². The SMILES string of the molecule is Cc1cc(-n2c(C)cc(C=C(C#N)C(=O)Nc3cccc(C(=O)O)c3)c2C)ccc1Br. The second-order valence-corrected chi connectivity index (χ2v) is 7.96. The lowest BCUT2D eigenvalue weighted by atomic mass is 10.1. The summed E-state index contributed by atoms with van der Waals surface area (Å²) in [6.45, 7) is 5.91. The minimum absolute atomic E-state index is 0.0497. The Kier molecular flexibility index (Phi) is 6.42. The van der Waals surface area contributed by atoms with Crippen LogP contribution in [0, 0.1) is 32.1 Å². The number of benzene rings is 2. The molecule has 1 aromatic heterocycles. The largest absolute Gasteiger partial charge is 0.478 e. The predicted octanol–water partition coefficient (Wildman–Crippen LogP) is 5.41. The second-order valence-electron chi connectivity index (χ2n) is 7.11. The van der Waals surface area contributed by atoms with Crippen molar-refractivity contribution in [2.24, 2.45) is 0 Å². The van der Waals surface area contributed by atoms with Gasteiger partial charge in [-0.1, -0.05) is 22.0 Å². The number of carbonyl (C=O) groups excluding carboxylic acids is 1. The number of halogens is 1. The molecule has 3 rings (SSSR count). The van der Waals surface area contributed by atoms with Crippen molar-refractivity contribution in [1.29, 1.82) is 5.26 Å². The van der Waals surface area contributed by atoms with Gasteiger partial charge in [0.2, 0.25) is 0 Å². The fourth-order valence-electron chi connectivity index (χ4n) is 3.33. The Bertz CT molecular complexity index is 1270. The Morgan fingerprint density at radius 3 is 2.52 bits per heavy atom. The maximum Gasteiger partial charge on any atom is 0.335 e. The molecule has 2 aromatic carbocycles. The van der Waals surface area contributed by atoms with Crippen molar-refractivity contribution in [2.45, 2.75) is 20.8 Å². The van der Waals surface area contributed by atoms with E-state index in [0.29, 0.717) is 5.69 Å². The number of hydrogen-bond acceptors (Lipinski definition) is 3. The third-order valence-electron chi connectivity index (χ3n) is 4.90. The van der Waals surface area contributed by atoms with Crippen LogP contribution in [0.25, 0.3) is 11.8 Å². The van der Waals surface area contributed by atoms with E-state index in [1.54, 1.807) is 12.1 Å². The van der Waals surface area contributed by atoms with Crippen LogP contribution in [0.15, 0.2) is 58.6 Å². The van der Waals surface area contributed by atoms with Crippen LogP contribution in [0.2, 0.25) is 0 Å². The van der Waals surface area contributed by atoms with Gasteiger partial charge < -0.3 is 15.0 Å². The first kappa shape index (κ1) is 22.1. The molecule has 0 spiro atoms. The summed E-state index contributed by atoms with van der Waals surface area (Å²) in [7, 11) is 0. The summed E-state index contributed by atoms with van der Waals surface area (Å²) in [4.78, 5) is 23.7. The Hall–Kier alpha value is -3.63. The Balaban J connectivity index is 1.93. The van der Waals surface area contributed by atoms with Crippen LogP contribution in [0.1, 0.15) is 32.9 Å². The Labute approximate surface area is 188 Å². The van der Waals surface area contributed by atoms with Gasteiger partial charge in [-0.25, -0.2) is 4.79 Å². The minimum Gasteiger partial charge on any atom is -0.478 e. The van der Waals surface area contributed by atoms with E-state index in [1.807, 2.05) is 45.0 Å². The van der Waals surface area contributed by atoms with Gasteiger partial charge in [0, 0.05) is 27.2 Å². The number of aromatic nitrogens is 1. The van der Waals surface area contributed by atoms with Gasteiger partial charge in [0.25, 0.3) is 5.91 Å². The standard InChI is InChI=1S/C24H20BrN3O3/c1-14-9-21(7-8-22(14)25)28-15(2)10-18(16(28)3)11-19(13-26)23(29)27-20-6-4-5-17(12-20)24(30)31/h4-12H,1-3H3,(H,27,29)(H,30,31). The van der Waals surface area contributed by atoms with Crippen LogP contribution < -0.4 is 5.32 Å². The lowest BCUT2D eigenvalue weighted by Crippen LogP contribution is -2.14. The molecule has 0 bridgehead atoms. The number of carbonyl (C=O) groups is 2. The van der Waals surface area contributed by atoms with Crippen molar-refractivity contribution in [1.82, 2.24) is 4.57 Å². The molecule has 0 unspecified atom stereocenters. The number of aryl methyl sites for hydroxylation is 2. The highest BCUT2D eigenvalue weighted by Gasteiger charge is 2.15. The van der Waals surface area contributed by atoms with E-state index >= 15 is 0 Å². The molecule has 0 aliphatic heterocycles. The molecule has 0 atom stereocenters. The third kappa shape index (κ3) is 4.76. The van der Waals surface area contributed by atoms with Crippen LogP contribution in [0.5, 0.6) is 0 Å². The molecule has 1 heterocycles. The summed E-state index contributed by atoms with van der Waals surface area (Å²) in [5, 5.41) is 21.2. The molecule has 31 heavy (non-hydrogen) atoms. The molecule has 0 saturated carbocycles. The average molecular weight is 478 g/mol. The molecule has 0 aliphatic rings. The van der Waals surface area contributed by atoms with E-state index in [4.69, 9.17) is 5.11 Å². The first-order valence-corrected chi connectivity index (χ1v) is 10.2. The number of carboxylic acid groups (broad SMARTS) is 1. The molecular weight excluding hydrogens is 458 g/mol. The van der Waals surface area contributed by atoms with Crippen LogP contribution in [-0.2, 0) is 4.79 Å². The van der Waals surface area contributed by atoms with Gasteiger partial charge in [-0.3, -0.25) is 4.79 Å². The molecule has 0 aliphatic carbocycles. The van der Waals surface area contributed by atoms with E-state index in [-0.39, 0.29) is 11.1 Å². The smallest absolute Gasteiger partial charge is 0.335 e. The molecule has 2 N–H and O–H groups in total. The quantitative estimate of drug-likeness (QED) is 0.379. The molecule has 6 nitrogen and oxygen atoms in total. The van der Waals surface area contributed by atoms with E-state index in [9.17, 15) is 14.9 Å². The van der Waals surface area contributed by atoms with E-state index in [2.05, 4.69) is 31.9 Å². The average Bonchev–Trinajstić information content (AvgIpc) is 3.01. The molecule has 156 valence electrons. The number of anilines is 1. The van der Waals surface area contributed by atoms with Gasteiger partial charge in [0.15, 0.2) is 0 Å². The molecular formula is C24H20BrN3O3. The van der Waals surface area contributed by atoms with Gasteiger partial charge in [0.1, 0.15) is 11.6 Å². The molecule has 0 radical (unpaired) electrons. The van der Waals surface area contributed by atoms with Crippen molar-refractivity contribution in [3.8, 4) is 11.8 Å². The summed E-state index contributed by atoms with van der Waals surface area (Å²) >= 11 is 3.51. The molecule has 0 saturated heterocycles. The number of rotatable bonds is 5. The van der Waals surface area contributed by atoms with E-state index < -0.39 is 11.9 Å². The molecule has 0 fully saturated rings. The highest BCUT2D eigenvalue weighted by atomic mass is 79.9. The van der Waals surface area contributed by atoms with Crippen molar-refractivity contribution < 1.29 is 14.7 Å². The molecule has 1 amide bonds. The fourth-order valence-corrected chi connectivity index (χ4v) is 3.58. The van der Waals surface area contributed by atoms with Crippen molar-refractivity contribution in [3.63, 3.8) is 0 Å². The van der Waals surface area contributed by atoms with Gasteiger partial charge in [-0.05, 0) is 80.4 Å². The predicted molar refractivity (Wildman–Crippen MR) is 123 cm³/mol. The van der Waals surface area contributed by atoms with Crippen molar-refractivity contribution in [2.75, 3.05) is 5.32 Å². The summed E-state index contributed by atoms with van der Waals surface area (Å²) in [5.74, 6) is -1.70. The second kappa shape index (κ2) is 9.02. The number of carboxylic acids is 1. The Morgan fingerprint density at radius 1 is 1.13 bits per heavy atom. The number of aromatic carboxylic acids is 1. The minimum atomic E-state index is -1.09. The summed E-state index contributed by atoms with van der Waals surface area (Å²) < 4.78 is 3.09. The van der Waals surface area contributed by atoms with E-state index in [1.165, 1.54) is 18.2 Å². The highest BCUT2D eigenvalue weighted by Crippen LogP contribution is 2.26. The third-order valence-corrected chi connectivity index (χ3v) is 5.79. The lowest BCUT2D eigenvalue weighted by Gasteiger charge is -2.11. The topological polar surface area (TPSA) is 95.1 Å². The zero-order chi connectivity index (χ0) is 22.7. The number of nitriles is 1.